The summed E-state index contributed by atoms with van der Waals surface area (Å²) in [6, 6.07) is 6.49. The van der Waals surface area contributed by atoms with Gasteiger partial charge in [-0.25, -0.2) is 4.68 Å². The Hall–Kier alpha value is -1.32. The van der Waals surface area contributed by atoms with Gasteiger partial charge in [-0.15, -0.1) is 0 Å². The second-order valence-electron chi connectivity index (χ2n) is 6.04. The Morgan fingerprint density at radius 1 is 1.24 bits per heavy atom. The van der Waals surface area contributed by atoms with E-state index in [-0.39, 0.29) is 0 Å². The Balaban J connectivity index is 2.21. The Kier molecular flexibility index (Phi) is 5.07. The highest BCUT2D eigenvalue weighted by molar-refractivity contribution is 6.31. The lowest BCUT2D eigenvalue weighted by molar-refractivity contribution is 0.552. The van der Waals surface area contributed by atoms with Gasteiger partial charge in [0.05, 0.1) is 22.1 Å². The molecule has 0 amide bonds. The quantitative estimate of drug-likeness (QED) is 0.897. The molecule has 3 nitrogen and oxygen atoms in total. The maximum Gasteiger partial charge on any atom is 0.0848 e. The zero-order chi connectivity index (χ0) is 15.6. The molecule has 2 aromatic rings. The summed E-state index contributed by atoms with van der Waals surface area (Å²) in [6.07, 6.45) is 0. The number of hydrogen-bond acceptors (Lipinski definition) is 2. The van der Waals surface area contributed by atoms with E-state index in [2.05, 4.69) is 49.4 Å². The summed E-state index contributed by atoms with van der Waals surface area (Å²) in [5, 5.41) is 8.74. The first-order valence-electron chi connectivity index (χ1n) is 7.42. The molecule has 0 unspecified atom stereocenters. The molecule has 0 bridgehead atoms. The highest BCUT2D eigenvalue weighted by Gasteiger charge is 2.12. The number of nitrogens with one attached hydrogen (secondary N) is 1. The number of benzene rings is 1. The number of aromatic nitrogens is 2. The molecule has 0 atom stereocenters. The Labute approximate surface area is 132 Å². The average Bonchev–Trinajstić information content (AvgIpc) is 2.66. The second kappa shape index (κ2) is 6.63. The van der Waals surface area contributed by atoms with E-state index < -0.39 is 0 Å². The number of aryl methyl sites for hydroxylation is 2. The summed E-state index contributed by atoms with van der Waals surface area (Å²) < 4.78 is 1.93. The van der Waals surface area contributed by atoms with Gasteiger partial charge in [-0.1, -0.05) is 37.6 Å². The first-order valence-corrected chi connectivity index (χ1v) is 7.80. The van der Waals surface area contributed by atoms with Crippen LogP contribution in [0.2, 0.25) is 5.02 Å². The van der Waals surface area contributed by atoms with E-state index in [0.717, 1.165) is 35.2 Å². The van der Waals surface area contributed by atoms with Gasteiger partial charge in [0.2, 0.25) is 0 Å². The lowest BCUT2D eigenvalue weighted by Crippen LogP contribution is -2.19. The van der Waals surface area contributed by atoms with Crippen LogP contribution in [0.1, 0.15) is 36.4 Å². The lowest BCUT2D eigenvalue weighted by Gasteiger charge is -2.12. The third-order valence-corrected chi connectivity index (χ3v) is 4.12. The van der Waals surface area contributed by atoms with Crippen LogP contribution < -0.4 is 5.32 Å². The van der Waals surface area contributed by atoms with Crippen molar-refractivity contribution in [3.05, 3.63) is 45.7 Å². The second-order valence-corrected chi connectivity index (χ2v) is 6.42. The molecule has 4 heteroatoms. The predicted molar refractivity (Wildman–Crippen MR) is 89.3 cm³/mol. The van der Waals surface area contributed by atoms with Crippen LogP contribution in [0.5, 0.6) is 0 Å². The van der Waals surface area contributed by atoms with Gasteiger partial charge in [0.25, 0.3) is 0 Å². The van der Waals surface area contributed by atoms with Crippen LogP contribution in [0.15, 0.2) is 18.2 Å². The maximum absolute atomic E-state index is 6.24. The zero-order valence-corrected chi connectivity index (χ0v) is 14.3. The number of hydrogen-bond donors (Lipinski definition) is 1. The van der Waals surface area contributed by atoms with Crippen LogP contribution in [-0.4, -0.2) is 16.3 Å². The minimum Gasteiger partial charge on any atom is -0.312 e. The minimum absolute atomic E-state index is 0.669. The predicted octanol–water partition coefficient (Wildman–Crippen LogP) is 4.20. The van der Waals surface area contributed by atoms with Crippen molar-refractivity contribution < 1.29 is 0 Å². The van der Waals surface area contributed by atoms with Crippen LogP contribution in [0.3, 0.4) is 0 Å². The van der Waals surface area contributed by atoms with Crippen molar-refractivity contribution in [3.8, 4) is 5.69 Å². The average molecular weight is 306 g/mol. The van der Waals surface area contributed by atoms with Crippen molar-refractivity contribution in [1.29, 1.82) is 0 Å². The van der Waals surface area contributed by atoms with Gasteiger partial charge in [0.15, 0.2) is 0 Å². The van der Waals surface area contributed by atoms with Gasteiger partial charge in [0.1, 0.15) is 0 Å². The molecule has 21 heavy (non-hydrogen) atoms. The van der Waals surface area contributed by atoms with Gasteiger partial charge in [-0.3, -0.25) is 0 Å². The molecule has 1 N–H and O–H groups in total. The first kappa shape index (κ1) is 16.1. The molecular weight excluding hydrogens is 282 g/mol. The fraction of sp³-hybridized carbons (Fsp3) is 0.471. The molecule has 1 aromatic carbocycles. The van der Waals surface area contributed by atoms with E-state index in [1.807, 2.05) is 18.5 Å². The molecule has 0 radical (unpaired) electrons. The molecular formula is C17H24ClN3. The number of halogens is 1. The standard InChI is InChI=1S/C17H24ClN3/c1-11(2)9-19-10-15-6-7-16(12(3)8-15)21-14(5)17(18)13(4)20-21/h6-8,11,19H,9-10H2,1-5H3. The molecule has 114 valence electrons. The van der Waals surface area contributed by atoms with Crippen LogP contribution in [0.25, 0.3) is 5.69 Å². The Morgan fingerprint density at radius 3 is 2.48 bits per heavy atom. The SMILES string of the molecule is Cc1cc(CNCC(C)C)ccc1-n1nc(C)c(Cl)c1C. The van der Waals surface area contributed by atoms with Crippen molar-refractivity contribution in [1.82, 2.24) is 15.1 Å². The summed E-state index contributed by atoms with van der Waals surface area (Å²) in [6.45, 7) is 12.4. The third-order valence-electron chi connectivity index (χ3n) is 3.57. The van der Waals surface area contributed by atoms with E-state index in [1.165, 1.54) is 11.1 Å². The molecule has 1 heterocycles. The maximum atomic E-state index is 6.24. The van der Waals surface area contributed by atoms with Crippen LogP contribution >= 0.6 is 11.6 Å². The van der Waals surface area contributed by atoms with Crippen LogP contribution in [0, 0.1) is 26.7 Å². The molecule has 1 aromatic heterocycles. The Bertz CT molecular complexity index is 629. The third kappa shape index (κ3) is 3.66. The normalized spacial score (nSPS) is 11.4. The molecule has 0 saturated carbocycles. The molecule has 2 rings (SSSR count). The number of nitrogens with zero attached hydrogens (tertiary/aromatic N) is 2. The highest BCUT2D eigenvalue weighted by Crippen LogP contribution is 2.24. The zero-order valence-electron chi connectivity index (χ0n) is 13.5. The topological polar surface area (TPSA) is 29.9 Å². The minimum atomic E-state index is 0.669. The smallest absolute Gasteiger partial charge is 0.0848 e. The summed E-state index contributed by atoms with van der Waals surface area (Å²) in [4.78, 5) is 0. The fourth-order valence-corrected chi connectivity index (χ4v) is 2.55. The summed E-state index contributed by atoms with van der Waals surface area (Å²) in [5.41, 5.74) is 5.46. The first-order chi connectivity index (χ1) is 9.90. The summed E-state index contributed by atoms with van der Waals surface area (Å²) >= 11 is 6.24. The van der Waals surface area contributed by atoms with Gasteiger partial charge >= 0.3 is 0 Å². The van der Waals surface area contributed by atoms with Crippen molar-refractivity contribution in [2.75, 3.05) is 6.54 Å². The lowest BCUT2D eigenvalue weighted by atomic mass is 10.1. The van der Waals surface area contributed by atoms with Crippen molar-refractivity contribution in [2.45, 2.75) is 41.2 Å². The monoisotopic (exact) mass is 305 g/mol. The Morgan fingerprint density at radius 2 is 1.95 bits per heavy atom. The van der Waals surface area contributed by atoms with Crippen LogP contribution in [0.4, 0.5) is 0 Å². The summed E-state index contributed by atoms with van der Waals surface area (Å²) in [5.74, 6) is 0.669. The van der Waals surface area contributed by atoms with Gasteiger partial charge < -0.3 is 5.32 Å². The van der Waals surface area contributed by atoms with Gasteiger partial charge in [-0.2, -0.15) is 5.10 Å². The molecule has 0 fully saturated rings. The fourth-order valence-electron chi connectivity index (χ4n) is 2.43. The summed E-state index contributed by atoms with van der Waals surface area (Å²) in [7, 11) is 0. The molecule has 0 aliphatic rings. The van der Waals surface area contributed by atoms with E-state index in [1.54, 1.807) is 0 Å². The van der Waals surface area contributed by atoms with Gasteiger partial charge in [0, 0.05) is 6.54 Å². The van der Waals surface area contributed by atoms with Crippen molar-refractivity contribution in [3.63, 3.8) is 0 Å². The van der Waals surface area contributed by atoms with Crippen molar-refractivity contribution in [2.24, 2.45) is 5.92 Å². The number of rotatable bonds is 5. The van der Waals surface area contributed by atoms with E-state index >= 15 is 0 Å². The van der Waals surface area contributed by atoms with E-state index in [0.29, 0.717) is 5.92 Å². The van der Waals surface area contributed by atoms with E-state index in [4.69, 9.17) is 11.6 Å². The van der Waals surface area contributed by atoms with E-state index in [9.17, 15) is 0 Å². The molecule has 0 aliphatic heterocycles. The van der Waals surface area contributed by atoms with Crippen LogP contribution in [-0.2, 0) is 6.54 Å². The molecule has 0 spiro atoms. The molecule has 0 saturated heterocycles. The van der Waals surface area contributed by atoms with Crippen molar-refractivity contribution >= 4 is 11.6 Å². The van der Waals surface area contributed by atoms with Gasteiger partial charge in [-0.05, 0) is 50.4 Å². The molecule has 0 aliphatic carbocycles. The largest absolute Gasteiger partial charge is 0.312 e. The highest BCUT2D eigenvalue weighted by atomic mass is 35.5.